The average molecular weight is 262 g/mol. The summed E-state index contributed by atoms with van der Waals surface area (Å²) in [6, 6.07) is -0.756. The van der Waals surface area contributed by atoms with Crippen molar-refractivity contribution in [3.8, 4) is 12.3 Å². The maximum atomic E-state index is 12.8. The summed E-state index contributed by atoms with van der Waals surface area (Å²) in [7, 11) is 0. The first-order valence-corrected chi connectivity index (χ1v) is 7.16. The van der Waals surface area contributed by atoms with E-state index in [9.17, 15) is 9.59 Å². The van der Waals surface area contributed by atoms with E-state index in [1.807, 2.05) is 6.92 Å². The van der Waals surface area contributed by atoms with Crippen LogP contribution in [-0.4, -0.2) is 34.3 Å². The highest BCUT2D eigenvalue weighted by atomic mass is 16.2. The number of piperazine rings is 1. The summed E-state index contributed by atoms with van der Waals surface area (Å²) < 4.78 is 0. The average Bonchev–Trinajstić information content (AvgIpc) is 2.42. The first-order valence-electron chi connectivity index (χ1n) is 7.16. The molecule has 2 fully saturated rings. The van der Waals surface area contributed by atoms with E-state index in [2.05, 4.69) is 11.2 Å². The highest BCUT2D eigenvalue weighted by molar-refractivity contribution is 6.00. The SMILES string of the molecule is C#CC(CC)N1C(=O)C2(CCCCC2)NC(=O)C1C. The second-order valence-electron chi connectivity index (χ2n) is 5.61. The zero-order chi connectivity index (χ0) is 14.0. The molecule has 1 spiro atoms. The molecule has 0 aromatic heterocycles. The molecule has 1 N–H and O–H groups in total. The standard InChI is InChI=1S/C15H22N2O2/c1-4-12(5-2)17-11(3)13(18)16-15(14(17)19)9-7-6-8-10-15/h1,11-12H,5-10H2,2-3H3,(H,16,18). The second-order valence-corrected chi connectivity index (χ2v) is 5.61. The molecule has 0 radical (unpaired) electrons. The van der Waals surface area contributed by atoms with Crippen LogP contribution >= 0.6 is 0 Å². The fraction of sp³-hybridized carbons (Fsp3) is 0.733. The molecule has 0 aromatic rings. The quantitative estimate of drug-likeness (QED) is 0.766. The maximum Gasteiger partial charge on any atom is 0.250 e. The van der Waals surface area contributed by atoms with Gasteiger partial charge in [0.2, 0.25) is 11.8 Å². The number of nitrogens with zero attached hydrogens (tertiary/aromatic N) is 1. The van der Waals surface area contributed by atoms with Gasteiger partial charge in [0, 0.05) is 0 Å². The predicted octanol–water partition coefficient (Wildman–Crippen LogP) is 1.45. The summed E-state index contributed by atoms with van der Waals surface area (Å²) in [6.07, 6.45) is 10.8. The van der Waals surface area contributed by atoms with Gasteiger partial charge < -0.3 is 10.2 Å². The van der Waals surface area contributed by atoms with Crippen molar-refractivity contribution in [2.24, 2.45) is 0 Å². The summed E-state index contributed by atoms with van der Waals surface area (Å²) in [6.45, 7) is 3.70. The van der Waals surface area contributed by atoms with E-state index in [1.54, 1.807) is 11.8 Å². The zero-order valence-electron chi connectivity index (χ0n) is 11.7. The molecule has 104 valence electrons. The summed E-state index contributed by atoms with van der Waals surface area (Å²) in [5.41, 5.74) is -0.688. The van der Waals surface area contributed by atoms with Crippen LogP contribution in [0.1, 0.15) is 52.4 Å². The second kappa shape index (κ2) is 5.24. The first-order chi connectivity index (χ1) is 9.05. The van der Waals surface area contributed by atoms with Gasteiger partial charge in [-0.2, -0.15) is 0 Å². The normalized spacial score (nSPS) is 27.8. The number of nitrogens with one attached hydrogen (secondary N) is 1. The summed E-state index contributed by atoms with van der Waals surface area (Å²) in [4.78, 5) is 26.6. The fourth-order valence-corrected chi connectivity index (χ4v) is 3.24. The molecule has 1 aliphatic heterocycles. The van der Waals surface area contributed by atoms with Crippen molar-refractivity contribution >= 4 is 11.8 Å². The van der Waals surface area contributed by atoms with Gasteiger partial charge in [0.15, 0.2) is 0 Å². The molecule has 0 aromatic carbocycles. The van der Waals surface area contributed by atoms with E-state index >= 15 is 0 Å². The molecular weight excluding hydrogens is 240 g/mol. The Labute approximate surface area is 114 Å². The molecule has 4 heteroatoms. The van der Waals surface area contributed by atoms with Gasteiger partial charge in [0.25, 0.3) is 0 Å². The van der Waals surface area contributed by atoms with Crippen LogP contribution in [0, 0.1) is 12.3 Å². The monoisotopic (exact) mass is 262 g/mol. The molecule has 2 unspecified atom stereocenters. The lowest BCUT2D eigenvalue weighted by Gasteiger charge is -2.48. The van der Waals surface area contributed by atoms with Crippen molar-refractivity contribution in [2.75, 3.05) is 0 Å². The number of hydrogen-bond acceptors (Lipinski definition) is 2. The highest BCUT2D eigenvalue weighted by Gasteiger charge is 2.51. The van der Waals surface area contributed by atoms with Crippen LogP contribution < -0.4 is 5.32 Å². The Bertz CT molecular complexity index is 418. The lowest BCUT2D eigenvalue weighted by Crippen LogP contribution is -2.71. The Morgan fingerprint density at radius 1 is 1.42 bits per heavy atom. The molecule has 1 aliphatic carbocycles. The van der Waals surface area contributed by atoms with Crippen LogP contribution in [0.5, 0.6) is 0 Å². The third-order valence-corrected chi connectivity index (χ3v) is 4.43. The molecule has 4 nitrogen and oxygen atoms in total. The minimum atomic E-state index is -0.688. The lowest BCUT2D eigenvalue weighted by atomic mass is 9.78. The van der Waals surface area contributed by atoms with Gasteiger partial charge in [-0.15, -0.1) is 6.42 Å². The van der Waals surface area contributed by atoms with Crippen LogP contribution in [0.4, 0.5) is 0 Å². The Morgan fingerprint density at radius 3 is 2.58 bits per heavy atom. The van der Waals surface area contributed by atoms with Crippen molar-refractivity contribution in [3.63, 3.8) is 0 Å². The predicted molar refractivity (Wildman–Crippen MR) is 73.2 cm³/mol. The maximum absolute atomic E-state index is 12.8. The molecular formula is C15H22N2O2. The van der Waals surface area contributed by atoms with Gasteiger partial charge in [-0.25, -0.2) is 0 Å². The Kier molecular flexibility index (Phi) is 3.84. The lowest BCUT2D eigenvalue weighted by molar-refractivity contribution is -0.157. The van der Waals surface area contributed by atoms with Gasteiger partial charge in [-0.3, -0.25) is 9.59 Å². The Morgan fingerprint density at radius 2 is 2.05 bits per heavy atom. The smallest absolute Gasteiger partial charge is 0.250 e. The molecule has 2 amide bonds. The van der Waals surface area contributed by atoms with Crippen molar-refractivity contribution < 1.29 is 9.59 Å². The van der Waals surface area contributed by atoms with E-state index in [0.29, 0.717) is 6.42 Å². The summed E-state index contributed by atoms with van der Waals surface area (Å²) in [5.74, 6) is 2.59. The van der Waals surface area contributed by atoms with E-state index in [4.69, 9.17) is 6.42 Å². The van der Waals surface area contributed by atoms with Crippen molar-refractivity contribution in [3.05, 3.63) is 0 Å². The van der Waals surface area contributed by atoms with E-state index in [1.165, 1.54) is 0 Å². The van der Waals surface area contributed by atoms with Crippen molar-refractivity contribution in [2.45, 2.75) is 70.0 Å². The summed E-state index contributed by atoms with van der Waals surface area (Å²) >= 11 is 0. The van der Waals surface area contributed by atoms with Crippen LogP contribution in [0.15, 0.2) is 0 Å². The molecule has 1 saturated carbocycles. The Balaban J connectivity index is 2.33. The largest absolute Gasteiger partial charge is 0.340 e. The van der Waals surface area contributed by atoms with Crippen LogP contribution in [0.25, 0.3) is 0 Å². The first kappa shape index (κ1) is 13.9. The molecule has 0 bridgehead atoms. The van der Waals surface area contributed by atoms with Crippen LogP contribution in [-0.2, 0) is 9.59 Å². The van der Waals surface area contributed by atoms with E-state index < -0.39 is 11.6 Å². The third kappa shape index (κ3) is 2.22. The van der Waals surface area contributed by atoms with Gasteiger partial charge in [0.1, 0.15) is 11.6 Å². The fourth-order valence-electron chi connectivity index (χ4n) is 3.24. The van der Waals surface area contributed by atoms with Crippen LogP contribution in [0.2, 0.25) is 0 Å². The number of amides is 2. The van der Waals surface area contributed by atoms with Gasteiger partial charge in [-0.1, -0.05) is 32.1 Å². The zero-order valence-corrected chi connectivity index (χ0v) is 11.7. The molecule has 19 heavy (non-hydrogen) atoms. The number of carbonyl (C=O) groups is 2. The minimum absolute atomic E-state index is 0.0177. The number of carbonyl (C=O) groups excluding carboxylic acids is 2. The molecule has 2 aliphatic rings. The molecule has 1 heterocycles. The van der Waals surface area contributed by atoms with Gasteiger partial charge >= 0.3 is 0 Å². The van der Waals surface area contributed by atoms with Crippen LogP contribution in [0.3, 0.4) is 0 Å². The number of terminal acetylenes is 1. The highest BCUT2D eigenvalue weighted by Crippen LogP contribution is 2.34. The van der Waals surface area contributed by atoms with Crippen molar-refractivity contribution in [1.82, 2.24) is 10.2 Å². The van der Waals surface area contributed by atoms with Crippen molar-refractivity contribution in [1.29, 1.82) is 0 Å². The minimum Gasteiger partial charge on any atom is -0.340 e. The number of rotatable bonds is 2. The molecule has 1 saturated heterocycles. The molecule has 2 atom stereocenters. The van der Waals surface area contributed by atoms with E-state index in [0.717, 1.165) is 32.1 Å². The third-order valence-electron chi connectivity index (χ3n) is 4.43. The van der Waals surface area contributed by atoms with Gasteiger partial charge in [0.05, 0.1) is 6.04 Å². The number of hydrogen-bond donors (Lipinski definition) is 1. The van der Waals surface area contributed by atoms with Gasteiger partial charge in [-0.05, 0) is 26.2 Å². The molecule has 2 rings (SSSR count). The van der Waals surface area contributed by atoms with E-state index in [-0.39, 0.29) is 17.9 Å². The topological polar surface area (TPSA) is 49.4 Å². The summed E-state index contributed by atoms with van der Waals surface area (Å²) in [5, 5.41) is 2.97. The Hall–Kier alpha value is -1.50.